The van der Waals surface area contributed by atoms with Crippen LogP contribution in [0.2, 0.25) is 0 Å². The van der Waals surface area contributed by atoms with E-state index in [-0.39, 0.29) is 16.8 Å². The van der Waals surface area contributed by atoms with Gasteiger partial charge in [-0.1, -0.05) is 6.92 Å². The van der Waals surface area contributed by atoms with E-state index in [2.05, 4.69) is 6.92 Å². The number of hydrogen-bond donors (Lipinski definition) is 1. The quantitative estimate of drug-likeness (QED) is 0.886. The number of primary sulfonamides is 1. The van der Waals surface area contributed by atoms with Crippen molar-refractivity contribution in [2.24, 2.45) is 17.0 Å². The summed E-state index contributed by atoms with van der Waals surface area (Å²) in [7, 11) is -2.01. The monoisotopic (exact) mass is 311 g/mol. The highest BCUT2D eigenvalue weighted by molar-refractivity contribution is 7.89. The molecule has 2 aliphatic rings. The predicted molar refractivity (Wildman–Crippen MR) is 78.3 cm³/mol. The number of nitrogens with zero attached hydrogens (tertiary/aromatic N) is 2. The third kappa shape index (κ3) is 2.98. The van der Waals surface area contributed by atoms with Crippen LogP contribution in [-0.2, 0) is 10.0 Å². The van der Waals surface area contributed by atoms with Gasteiger partial charge in [0, 0.05) is 25.8 Å². The molecule has 0 spiro atoms. The number of nitrogens with two attached hydrogens (primary N) is 1. The van der Waals surface area contributed by atoms with Crippen LogP contribution >= 0.6 is 0 Å². The average molecular weight is 311 g/mol. The Morgan fingerprint density at radius 3 is 2.57 bits per heavy atom. The SMILES string of the molecule is CC1CC1CN(C)C(=O)c1cc(S(N)(=O)=O)cn1C1CC1. The third-order valence-corrected chi connectivity index (χ3v) is 5.32. The van der Waals surface area contributed by atoms with E-state index >= 15 is 0 Å². The van der Waals surface area contributed by atoms with Crippen molar-refractivity contribution in [2.75, 3.05) is 13.6 Å². The fourth-order valence-corrected chi connectivity index (χ4v) is 3.26. The highest BCUT2D eigenvalue weighted by atomic mass is 32.2. The van der Waals surface area contributed by atoms with Crippen molar-refractivity contribution in [3.63, 3.8) is 0 Å². The second-order valence-corrected chi connectivity index (χ2v) is 7.96. The molecule has 0 bridgehead atoms. The fourth-order valence-electron chi connectivity index (χ4n) is 2.72. The number of hydrogen-bond acceptors (Lipinski definition) is 3. The van der Waals surface area contributed by atoms with Crippen molar-refractivity contribution >= 4 is 15.9 Å². The molecular weight excluding hydrogens is 290 g/mol. The summed E-state index contributed by atoms with van der Waals surface area (Å²) in [6, 6.07) is 1.63. The lowest BCUT2D eigenvalue weighted by molar-refractivity contribution is 0.0776. The molecule has 1 heterocycles. The van der Waals surface area contributed by atoms with Crippen molar-refractivity contribution in [1.29, 1.82) is 0 Å². The Labute approximate surface area is 125 Å². The number of carbonyl (C=O) groups excluding carboxylic acids is 1. The minimum atomic E-state index is -3.78. The van der Waals surface area contributed by atoms with E-state index in [0.717, 1.165) is 25.8 Å². The summed E-state index contributed by atoms with van der Waals surface area (Å²) in [5.41, 5.74) is 0.428. The van der Waals surface area contributed by atoms with Crippen LogP contribution in [0.1, 0.15) is 42.7 Å². The molecule has 3 rings (SSSR count). The maximum absolute atomic E-state index is 12.6. The van der Waals surface area contributed by atoms with Gasteiger partial charge >= 0.3 is 0 Å². The molecule has 1 amide bonds. The Balaban J connectivity index is 1.85. The molecule has 116 valence electrons. The van der Waals surface area contributed by atoms with E-state index in [1.165, 1.54) is 12.3 Å². The standard InChI is InChI=1S/C14H21N3O3S/c1-9-5-10(9)7-16(2)14(18)13-6-12(21(15,19)20)8-17(13)11-3-4-11/h6,8-11H,3-5,7H2,1-2H3,(H2,15,19,20). The van der Waals surface area contributed by atoms with E-state index < -0.39 is 10.0 Å². The lowest BCUT2D eigenvalue weighted by Crippen LogP contribution is -2.30. The molecule has 2 unspecified atom stereocenters. The van der Waals surface area contributed by atoms with Crippen molar-refractivity contribution in [1.82, 2.24) is 9.47 Å². The van der Waals surface area contributed by atoms with E-state index in [1.54, 1.807) is 16.5 Å². The van der Waals surface area contributed by atoms with Crippen molar-refractivity contribution in [2.45, 2.75) is 37.1 Å². The van der Waals surface area contributed by atoms with Crippen molar-refractivity contribution < 1.29 is 13.2 Å². The summed E-state index contributed by atoms with van der Waals surface area (Å²) in [5, 5.41) is 5.18. The molecule has 2 aliphatic carbocycles. The molecule has 6 nitrogen and oxygen atoms in total. The third-order valence-electron chi connectivity index (χ3n) is 4.44. The van der Waals surface area contributed by atoms with E-state index in [0.29, 0.717) is 17.5 Å². The first kappa shape index (κ1) is 14.6. The summed E-state index contributed by atoms with van der Waals surface area (Å²) in [6.45, 7) is 2.90. The average Bonchev–Trinajstić information content (AvgIpc) is 3.29. The van der Waals surface area contributed by atoms with Crippen LogP contribution in [0.5, 0.6) is 0 Å². The molecule has 0 aliphatic heterocycles. The number of sulfonamides is 1. The van der Waals surface area contributed by atoms with Crippen molar-refractivity contribution in [3.8, 4) is 0 Å². The van der Waals surface area contributed by atoms with Crippen LogP contribution < -0.4 is 5.14 Å². The number of carbonyl (C=O) groups is 1. The minimum Gasteiger partial charge on any atom is -0.340 e. The maximum atomic E-state index is 12.6. The number of amides is 1. The first-order chi connectivity index (χ1) is 9.77. The Kier molecular flexibility index (Phi) is 3.37. The number of rotatable bonds is 5. The topological polar surface area (TPSA) is 85.4 Å². The van der Waals surface area contributed by atoms with Crippen LogP contribution in [0.25, 0.3) is 0 Å². The largest absolute Gasteiger partial charge is 0.340 e. The Bertz CT molecular complexity index is 676. The molecule has 2 saturated carbocycles. The van der Waals surface area contributed by atoms with Gasteiger partial charge < -0.3 is 9.47 Å². The van der Waals surface area contributed by atoms with Gasteiger partial charge in [0.15, 0.2) is 0 Å². The summed E-state index contributed by atoms with van der Waals surface area (Å²) < 4.78 is 24.8. The highest BCUT2D eigenvalue weighted by Gasteiger charge is 2.36. The van der Waals surface area contributed by atoms with Crippen molar-refractivity contribution in [3.05, 3.63) is 18.0 Å². The zero-order valence-corrected chi connectivity index (χ0v) is 13.1. The van der Waals surface area contributed by atoms with Crippen LogP contribution in [0.3, 0.4) is 0 Å². The first-order valence-electron chi connectivity index (χ1n) is 7.27. The molecule has 2 N–H and O–H groups in total. The molecule has 21 heavy (non-hydrogen) atoms. The predicted octanol–water partition coefficient (Wildman–Crippen LogP) is 1.20. The lowest BCUT2D eigenvalue weighted by Gasteiger charge is -2.18. The summed E-state index contributed by atoms with van der Waals surface area (Å²) in [5.74, 6) is 1.12. The number of aromatic nitrogens is 1. The van der Waals surface area contributed by atoms with Crippen LogP contribution in [0.15, 0.2) is 17.2 Å². The van der Waals surface area contributed by atoms with Gasteiger partial charge in [-0.25, -0.2) is 13.6 Å². The molecule has 2 fully saturated rings. The smallest absolute Gasteiger partial charge is 0.270 e. The van der Waals surface area contributed by atoms with Gasteiger partial charge in [0.2, 0.25) is 10.0 Å². The lowest BCUT2D eigenvalue weighted by atomic mass is 10.3. The molecular formula is C14H21N3O3S. The zero-order valence-electron chi connectivity index (χ0n) is 12.3. The van der Waals surface area contributed by atoms with Gasteiger partial charge in [-0.15, -0.1) is 0 Å². The van der Waals surface area contributed by atoms with Gasteiger partial charge in [0.05, 0.1) is 0 Å². The zero-order chi connectivity index (χ0) is 15.4. The van der Waals surface area contributed by atoms with E-state index in [4.69, 9.17) is 5.14 Å². The second-order valence-electron chi connectivity index (χ2n) is 6.40. The van der Waals surface area contributed by atoms with Gasteiger partial charge in [0.25, 0.3) is 5.91 Å². The second kappa shape index (κ2) is 4.84. The van der Waals surface area contributed by atoms with Gasteiger partial charge in [-0.3, -0.25) is 4.79 Å². The molecule has 0 radical (unpaired) electrons. The molecule has 1 aromatic rings. The summed E-state index contributed by atoms with van der Waals surface area (Å²) >= 11 is 0. The molecule has 1 aromatic heterocycles. The Morgan fingerprint density at radius 1 is 1.48 bits per heavy atom. The maximum Gasteiger partial charge on any atom is 0.270 e. The van der Waals surface area contributed by atoms with Crippen LogP contribution in [0, 0.1) is 11.8 Å². The molecule has 2 atom stereocenters. The van der Waals surface area contributed by atoms with E-state index in [9.17, 15) is 13.2 Å². The molecule has 7 heteroatoms. The van der Waals surface area contributed by atoms with Gasteiger partial charge in [0.1, 0.15) is 10.6 Å². The van der Waals surface area contributed by atoms with Gasteiger partial charge in [-0.2, -0.15) is 0 Å². The van der Waals surface area contributed by atoms with E-state index in [1.807, 2.05) is 0 Å². The Morgan fingerprint density at radius 2 is 2.10 bits per heavy atom. The van der Waals surface area contributed by atoms with Crippen LogP contribution in [0.4, 0.5) is 0 Å². The first-order valence-corrected chi connectivity index (χ1v) is 8.82. The van der Waals surface area contributed by atoms with Crippen LogP contribution in [-0.4, -0.2) is 37.4 Å². The Hall–Kier alpha value is -1.34. The highest BCUT2D eigenvalue weighted by Crippen LogP contribution is 2.39. The molecule has 0 aromatic carbocycles. The van der Waals surface area contributed by atoms with Gasteiger partial charge in [-0.05, 0) is 37.2 Å². The summed E-state index contributed by atoms with van der Waals surface area (Å²) in [4.78, 5) is 14.3. The minimum absolute atomic E-state index is 0.0194. The normalized spacial score (nSPS) is 24.9. The summed E-state index contributed by atoms with van der Waals surface area (Å²) in [6.07, 6.45) is 4.60. The molecule has 0 saturated heterocycles. The fraction of sp³-hybridized carbons (Fsp3) is 0.643.